The van der Waals surface area contributed by atoms with Crippen molar-refractivity contribution in [2.45, 2.75) is 78.4 Å². The van der Waals surface area contributed by atoms with Gasteiger partial charge in [0.2, 0.25) is 0 Å². The van der Waals surface area contributed by atoms with Crippen LogP contribution in [-0.4, -0.2) is 24.8 Å². The molecule has 0 aromatic carbocycles. The highest BCUT2D eigenvalue weighted by atomic mass is 16.5. The van der Waals surface area contributed by atoms with E-state index >= 15 is 0 Å². The van der Waals surface area contributed by atoms with Crippen LogP contribution in [0.1, 0.15) is 66.7 Å². The van der Waals surface area contributed by atoms with Crippen molar-refractivity contribution in [3.05, 3.63) is 0 Å². The lowest BCUT2D eigenvalue weighted by molar-refractivity contribution is -0.158. The van der Waals surface area contributed by atoms with E-state index in [2.05, 4.69) is 39.9 Å². The highest BCUT2D eigenvalue weighted by molar-refractivity contribution is 5.02. The van der Waals surface area contributed by atoms with E-state index in [1.54, 1.807) is 0 Å². The molecule has 0 amide bonds. The maximum absolute atomic E-state index is 6.31. The van der Waals surface area contributed by atoms with Gasteiger partial charge < -0.3 is 10.1 Å². The Labute approximate surface area is 113 Å². The summed E-state index contributed by atoms with van der Waals surface area (Å²) in [7, 11) is 0. The molecule has 1 N–H and O–H groups in total. The molecular weight excluding hydrogens is 222 g/mol. The van der Waals surface area contributed by atoms with Gasteiger partial charge in [0.15, 0.2) is 0 Å². The maximum Gasteiger partial charge on any atom is 0.0707 e. The number of rotatable bonds is 2. The maximum atomic E-state index is 6.31. The van der Waals surface area contributed by atoms with Crippen molar-refractivity contribution in [3.63, 3.8) is 0 Å². The Morgan fingerprint density at radius 2 is 1.67 bits per heavy atom. The van der Waals surface area contributed by atoms with Crippen LogP contribution in [0.25, 0.3) is 0 Å². The van der Waals surface area contributed by atoms with Gasteiger partial charge in [0.05, 0.1) is 5.60 Å². The average molecular weight is 253 g/mol. The molecule has 0 bridgehead atoms. The number of ether oxygens (including phenoxy) is 1. The third-order valence-corrected chi connectivity index (χ3v) is 4.54. The van der Waals surface area contributed by atoms with Crippen molar-refractivity contribution in [2.75, 3.05) is 13.2 Å². The largest absolute Gasteiger partial charge is 0.375 e. The van der Waals surface area contributed by atoms with E-state index < -0.39 is 0 Å². The Balaban J connectivity index is 2.13. The van der Waals surface area contributed by atoms with Crippen LogP contribution < -0.4 is 5.32 Å². The third-order valence-electron chi connectivity index (χ3n) is 4.54. The quantitative estimate of drug-likeness (QED) is 0.809. The van der Waals surface area contributed by atoms with Gasteiger partial charge in [-0.1, -0.05) is 34.6 Å². The summed E-state index contributed by atoms with van der Waals surface area (Å²) in [6, 6.07) is 0.661. The van der Waals surface area contributed by atoms with Crippen molar-refractivity contribution in [1.82, 2.24) is 5.32 Å². The molecule has 18 heavy (non-hydrogen) atoms. The Hall–Kier alpha value is -0.0800. The molecule has 2 fully saturated rings. The fourth-order valence-electron chi connectivity index (χ4n) is 4.96. The van der Waals surface area contributed by atoms with E-state index in [1.165, 1.54) is 32.1 Å². The summed E-state index contributed by atoms with van der Waals surface area (Å²) in [4.78, 5) is 0. The number of hydrogen-bond acceptors (Lipinski definition) is 2. The number of nitrogens with one attached hydrogen (secondary N) is 1. The van der Waals surface area contributed by atoms with Gasteiger partial charge in [-0.3, -0.25) is 0 Å². The highest BCUT2D eigenvalue weighted by Gasteiger charge is 2.50. The Bertz CT molecular complexity index is 277. The van der Waals surface area contributed by atoms with Crippen molar-refractivity contribution < 1.29 is 4.74 Å². The summed E-state index contributed by atoms with van der Waals surface area (Å²) in [5, 5.41) is 3.63. The topological polar surface area (TPSA) is 21.3 Å². The van der Waals surface area contributed by atoms with Crippen molar-refractivity contribution >= 4 is 0 Å². The Morgan fingerprint density at radius 1 is 1.06 bits per heavy atom. The minimum absolute atomic E-state index is 0.135. The molecule has 1 unspecified atom stereocenters. The molecule has 0 aromatic heterocycles. The molecule has 1 spiro atoms. The molecule has 1 aliphatic heterocycles. The van der Waals surface area contributed by atoms with Crippen LogP contribution in [0.15, 0.2) is 0 Å². The van der Waals surface area contributed by atoms with Crippen LogP contribution in [0.4, 0.5) is 0 Å². The molecule has 2 heteroatoms. The molecule has 1 saturated heterocycles. The second-order valence-corrected chi connectivity index (χ2v) is 8.14. The molecule has 2 aliphatic rings. The summed E-state index contributed by atoms with van der Waals surface area (Å²) < 4.78 is 6.31. The minimum Gasteiger partial charge on any atom is -0.375 e. The summed E-state index contributed by atoms with van der Waals surface area (Å²) in [6.45, 7) is 13.9. The Kier molecular flexibility index (Phi) is 3.81. The van der Waals surface area contributed by atoms with Crippen LogP contribution in [-0.2, 0) is 4.74 Å². The zero-order valence-electron chi connectivity index (χ0n) is 12.9. The van der Waals surface area contributed by atoms with Crippen molar-refractivity contribution in [1.29, 1.82) is 0 Å². The van der Waals surface area contributed by atoms with E-state index in [0.29, 0.717) is 16.9 Å². The molecule has 0 aromatic rings. The van der Waals surface area contributed by atoms with Gasteiger partial charge in [-0.25, -0.2) is 0 Å². The zero-order valence-corrected chi connectivity index (χ0v) is 12.9. The molecular formula is C16H31NO. The standard InChI is InChI=1S/C16H31NO/c1-6-17-13-7-8-18-16(9-13)11-14(2,3)10-15(4,5)12-16/h13,17H,6-12H2,1-5H3. The van der Waals surface area contributed by atoms with Gasteiger partial charge in [0.25, 0.3) is 0 Å². The smallest absolute Gasteiger partial charge is 0.0707 e. The minimum atomic E-state index is 0.135. The van der Waals surface area contributed by atoms with Crippen LogP contribution in [0, 0.1) is 10.8 Å². The molecule has 2 rings (SSSR count). The normalized spacial score (nSPS) is 33.5. The van der Waals surface area contributed by atoms with Gasteiger partial charge in [-0.15, -0.1) is 0 Å². The van der Waals surface area contributed by atoms with E-state index in [0.717, 1.165) is 13.2 Å². The highest BCUT2D eigenvalue weighted by Crippen LogP contribution is 2.53. The lowest BCUT2D eigenvalue weighted by Gasteiger charge is -2.54. The predicted octanol–water partition coefficient (Wildman–Crippen LogP) is 3.75. The van der Waals surface area contributed by atoms with Crippen LogP contribution >= 0.6 is 0 Å². The first-order chi connectivity index (χ1) is 8.26. The van der Waals surface area contributed by atoms with Gasteiger partial charge in [-0.2, -0.15) is 0 Å². The third kappa shape index (κ3) is 3.27. The molecule has 106 valence electrons. The Morgan fingerprint density at radius 3 is 2.22 bits per heavy atom. The molecule has 1 heterocycles. The van der Waals surface area contributed by atoms with Crippen LogP contribution in [0.2, 0.25) is 0 Å². The zero-order chi connectivity index (χ0) is 13.4. The molecule has 1 atom stereocenters. The average Bonchev–Trinajstić information content (AvgIpc) is 2.11. The molecule has 0 radical (unpaired) electrons. The van der Waals surface area contributed by atoms with Gasteiger partial charge in [-0.05, 0) is 49.5 Å². The second kappa shape index (κ2) is 4.79. The van der Waals surface area contributed by atoms with E-state index in [4.69, 9.17) is 4.74 Å². The number of hydrogen-bond donors (Lipinski definition) is 1. The van der Waals surface area contributed by atoms with Gasteiger partial charge in [0.1, 0.15) is 0 Å². The second-order valence-electron chi connectivity index (χ2n) is 8.14. The van der Waals surface area contributed by atoms with E-state index in [9.17, 15) is 0 Å². The molecule has 1 aliphatic carbocycles. The van der Waals surface area contributed by atoms with Crippen LogP contribution in [0.3, 0.4) is 0 Å². The van der Waals surface area contributed by atoms with E-state index in [1.807, 2.05) is 0 Å². The lowest BCUT2D eigenvalue weighted by atomic mass is 9.58. The summed E-state index contributed by atoms with van der Waals surface area (Å²) in [5.74, 6) is 0. The first-order valence-corrected chi connectivity index (χ1v) is 7.63. The lowest BCUT2D eigenvalue weighted by Crippen LogP contribution is -2.54. The van der Waals surface area contributed by atoms with Crippen molar-refractivity contribution in [2.24, 2.45) is 10.8 Å². The first-order valence-electron chi connectivity index (χ1n) is 7.63. The summed E-state index contributed by atoms with van der Waals surface area (Å²) in [6.07, 6.45) is 6.15. The predicted molar refractivity (Wildman–Crippen MR) is 76.8 cm³/mol. The fraction of sp³-hybridized carbons (Fsp3) is 1.00. The SMILES string of the molecule is CCNC1CCOC2(C1)CC(C)(C)CC(C)(C)C2. The fourth-order valence-corrected chi connectivity index (χ4v) is 4.96. The summed E-state index contributed by atoms with van der Waals surface area (Å²) >= 11 is 0. The van der Waals surface area contributed by atoms with Crippen LogP contribution in [0.5, 0.6) is 0 Å². The van der Waals surface area contributed by atoms with Crippen molar-refractivity contribution in [3.8, 4) is 0 Å². The molecule has 2 nitrogen and oxygen atoms in total. The monoisotopic (exact) mass is 253 g/mol. The van der Waals surface area contributed by atoms with Gasteiger partial charge in [0, 0.05) is 12.6 Å². The summed E-state index contributed by atoms with van der Waals surface area (Å²) in [5.41, 5.74) is 0.960. The van der Waals surface area contributed by atoms with E-state index in [-0.39, 0.29) is 5.60 Å². The first kappa shape index (κ1) is 14.3. The molecule has 1 saturated carbocycles. The van der Waals surface area contributed by atoms with Gasteiger partial charge >= 0.3 is 0 Å².